The average molecular weight is 405 g/mol. The number of hydrogen-bond donors (Lipinski definition) is 1. The molecule has 5 nitrogen and oxygen atoms in total. The Morgan fingerprint density at radius 2 is 1.41 bits per heavy atom. The van der Waals surface area contributed by atoms with E-state index >= 15 is 0 Å². The Kier molecular flexibility index (Phi) is 6.66. The molecule has 0 unspecified atom stereocenters. The molecule has 0 radical (unpaired) electrons. The molecule has 154 valence electrons. The Labute approximate surface area is 167 Å². The maximum Gasteiger partial charge on any atom is 0.401 e. The van der Waals surface area contributed by atoms with Crippen molar-refractivity contribution in [3.63, 3.8) is 0 Å². The van der Waals surface area contributed by atoms with Crippen molar-refractivity contribution >= 4 is 17.4 Å². The maximum absolute atomic E-state index is 12.5. The van der Waals surface area contributed by atoms with Gasteiger partial charge >= 0.3 is 6.18 Å². The molecule has 1 fully saturated rings. The predicted molar refractivity (Wildman–Crippen MR) is 104 cm³/mol. The molecule has 8 heteroatoms. The number of halogens is 3. The lowest BCUT2D eigenvalue weighted by atomic mass is 10.1. The number of piperazine rings is 1. The predicted octanol–water partition coefficient (Wildman–Crippen LogP) is 3.30. The van der Waals surface area contributed by atoms with Gasteiger partial charge in [-0.05, 0) is 36.4 Å². The maximum atomic E-state index is 12.5. The third-order valence-electron chi connectivity index (χ3n) is 4.74. The lowest BCUT2D eigenvalue weighted by Gasteiger charge is -2.34. The highest BCUT2D eigenvalue weighted by atomic mass is 19.4. The fraction of sp³-hybridized carbons (Fsp3) is 0.333. The number of alkyl halides is 3. The summed E-state index contributed by atoms with van der Waals surface area (Å²) in [5.41, 5.74) is 1.62. The molecule has 1 aliphatic rings. The van der Waals surface area contributed by atoms with E-state index in [1.807, 2.05) is 11.0 Å². The van der Waals surface area contributed by atoms with Gasteiger partial charge in [-0.2, -0.15) is 13.2 Å². The smallest absolute Gasteiger partial charge is 0.322 e. The molecule has 1 amide bonds. The Morgan fingerprint density at radius 1 is 0.828 bits per heavy atom. The number of carbonyl (C=O) groups is 2. The van der Waals surface area contributed by atoms with Crippen molar-refractivity contribution in [2.75, 3.05) is 44.6 Å². The number of nitrogens with one attached hydrogen (secondary N) is 1. The minimum Gasteiger partial charge on any atom is -0.322 e. The summed E-state index contributed by atoms with van der Waals surface area (Å²) in [5, 5.41) is 2.77. The van der Waals surface area contributed by atoms with Crippen LogP contribution in [0.5, 0.6) is 0 Å². The topological polar surface area (TPSA) is 52.7 Å². The van der Waals surface area contributed by atoms with Gasteiger partial charge in [0, 0.05) is 43.0 Å². The molecule has 1 saturated heterocycles. The van der Waals surface area contributed by atoms with E-state index in [-0.39, 0.29) is 31.3 Å². The summed E-state index contributed by atoms with van der Waals surface area (Å²) < 4.78 is 37.3. The summed E-state index contributed by atoms with van der Waals surface area (Å²) >= 11 is 0. The number of nitrogens with zero attached hydrogens (tertiary/aromatic N) is 2. The Morgan fingerprint density at radius 3 is 2.00 bits per heavy atom. The van der Waals surface area contributed by atoms with Crippen LogP contribution in [0.2, 0.25) is 0 Å². The average Bonchev–Trinajstić information content (AvgIpc) is 2.69. The monoisotopic (exact) mass is 405 g/mol. The van der Waals surface area contributed by atoms with Crippen molar-refractivity contribution in [1.82, 2.24) is 9.80 Å². The van der Waals surface area contributed by atoms with E-state index in [9.17, 15) is 22.8 Å². The molecule has 1 heterocycles. The largest absolute Gasteiger partial charge is 0.401 e. The van der Waals surface area contributed by atoms with Crippen LogP contribution in [0.25, 0.3) is 0 Å². The Bertz CT molecular complexity index is 830. The van der Waals surface area contributed by atoms with Crippen molar-refractivity contribution in [3.8, 4) is 0 Å². The van der Waals surface area contributed by atoms with Crippen molar-refractivity contribution in [1.29, 1.82) is 0 Å². The van der Waals surface area contributed by atoms with E-state index in [1.54, 1.807) is 48.5 Å². The summed E-state index contributed by atoms with van der Waals surface area (Å²) in [6.07, 6.45) is -4.20. The summed E-state index contributed by atoms with van der Waals surface area (Å²) in [5.74, 6) is -0.336. The molecule has 2 aromatic carbocycles. The first-order valence-corrected chi connectivity index (χ1v) is 9.31. The van der Waals surface area contributed by atoms with Gasteiger partial charge in [0.1, 0.15) is 0 Å². The van der Waals surface area contributed by atoms with Gasteiger partial charge in [-0.15, -0.1) is 0 Å². The van der Waals surface area contributed by atoms with Crippen LogP contribution in [0, 0.1) is 0 Å². The van der Waals surface area contributed by atoms with Crippen LogP contribution in [0.1, 0.15) is 20.7 Å². The Hall–Kier alpha value is -2.71. The van der Waals surface area contributed by atoms with Gasteiger partial charge in [0.25, 0.3) is 5.91 Å². The minimum atomic E-state index is -4.20. The highest BCUT2D eigenvalue weighted by Crippen LogP contribution is 2.18. The summed E-state index contributed by atoms with van der Waals surface area (Å²) in [6.45, 7) is 0.676. The molecule has 3 rings (SSSR count). The van der Waals surface area contributed by atoms with Gasteiger partial charge in [-0.1, -0.05) is 18.2 Å². The molecule has 0 saturated carbocycles. The van der Waals surface area contributed by atoms with Crippen LogP contribution in [-0.2, 0) is 0 Å². The van der Waals surface area contributed by atoms with Gasteiger partial charge in [0.15, 0.2) is 5.78 Å². The molecule has 29 heavy (non-hydrogen) atoms. The number of benzene rings is 2. The van der Waals surface area contributed by atoms with Gasteiger partial charge in [-0.25, -0.2) is 0 Å². The second-order valence-corrected chi connectivity index (χ2v) is 6.99. The fourth-order valence-corrected chi connectivity index (χ4v) is 3.19. The third kappa shape index (κ3) is 6.40. The fourth-order valence-electron chi connectivity index (χ4n) is 3.19. The van der Waals surface area contributed by atoms with E-state index in [2.05, 4.69) is 5.32 Å². The van der Waals surface area contributed by atoms with Gasteiger partial charge in [-0.3, -0.25) is 19.4 Å². The van der Waals surface area contributed by atoms with Crippen molar-refractivity contribution in [2.45, 2.75) is 6.18 Å². The number of rotatable bonds is 6. The molecule has 0 atom stereocenters. The van der Waals surface area contributed by atoms with Crippen LogP contribution in [-0.4, -0.2) is 66.9 Å². The van der Waals surface area contributed by atoms with Crippen molar-refractivity contribution in [3.05, 3.63) is 65.7 Å². The summed E-state index contributed by atoms with van der Waals surface area (Å²) in [7, 11) is 0. The van der Waals surface area contributed by atoms with Crippen molar-refractivity contribution < 1.29 is 22.8 Å². The van der Waals surface area contributed by atoms with E-state index in [0.29, 0.717) is 29.9 Å². The zero-order valence-corrected chi connectivity index (χ0v) is 15.8. The van der Waals surface area contributed by atoms with Gasteiger partial charge in [0.05, 0.1) is 13.1 Å². The van der Waals surface area contributed by atoms with Crippen LogP contribution < -0.4 is 5.32 Å². The second kappa shape index (κ2) is 9.19. The molecule has 1 N–H and O–H groups in total. The second-order valence-electron chi connectivity index (χ2n) is 6.99. The van der Waals surface area contributed by atoms with Crippen LogP contribution >= 0.6 is 0 Å². The first-order valence-electron chi connectivity index (χ1n) is 9.31. The number of anilines is 1. The lowest BCUT2D eigenvalue weighted by molar-refractivity contribution is -0.149. The molecule has 2 aromatic rings. The van der Waals surface area contributed by atoms with E-state index in [1.165, 1.54) is 4.90 Å². The summed E-state index contributed by atoms with van der Waals surface area (Å²) in [6, 6.07) is 15.4. The molecular weight excluding hydrogens is 383 g/mol. The molecule has 0 bridgehead atoms. The van der Waals surface area contributed by atoms with Gasteiger partial charge in [0.2, 0.25) is 0 Å². The molecule has 0 aliphatic carbocycles. The molecule has 0 aromatic heterocycles. The number of amides is 1. The lowest BCUT2D eigenvalue weighted by Crippen LogP contribution is -2.50. The zero-order chi connectivity index (χ0) is 20.9. The molecule has 0 spiro atoms. The quantitative estimate of drug-likeness (QED) is 0.750. The molecule has 1 aliphatic heterocycles. The SMILES string of the molecule is O=C(CN1CCN(CC(F)(F)F)CC1)c1ccc(NC(=O)c2ccccc2)cc1. The number of carbonyl (C=O) groups excluding carboxylic acids is 2. The normalized spacial score (nSPS) is 15.8. The van der Waals surface area contributed by atoms with Gasteiger partial charge < -0.3 is 5.32 Å². The number of Topliss-reactive ketones (excluding diaryl/α,β-unsaturated/α-hetero) is 1. The number of hydrogen-bond acceptors (Lipinski definition) is 4. The third-order valence-corrected chi connectivity index (χ3v) is 4.74. The standard InChI is InChI=1S/C21H22F3N3O2/c22-21(23,24)15-27-12-10-26(11-13-27)14-19(28)16-6-8-18(9-7-16)25-20(29)17-4-2-1-3-5-17/h1-9H,10-15H2,(H,25,29). The summed E-state index contributed by atoms with van der Waals surface area (Å²) in [4.78, 5) is 27.8. The van der Waals surface area contributed by atoms with Crippen LogP contribution in [0.3, 0.4) is 0 Å². The Balaban J connectivity index is 1.49. The van der Waals surface area contributed by atoms with E-state index < -0.39 is 12.7 Å². The first kappa shape index (κ1) is 21.0. The minimum absolute atomic E-state index is 0.102. The van der Waals surface area contributed by atoms with Crippen LogP contribution in [0.4, 0.5) is 18.9 Å². The molecular formula is C21H22F3N3O2. The first-order chi connectivity index (χ1) is 13.8. The van der Waals surface area contributed by atoms with E-state index in [0.717, 1.165) is 0 Å². The highest BCUT2D eigenvalue weighted by Gasteiger charge is 2.32. The zero-order valence-electron chi connectivity index (χ0n) is 15.8. The highest BCUT2D eigenvalue weighted by molar-refractivity contribution is 6.04. The van der Waals surface area contributed by atoms with Crippen molar-refractivity contribution in [2.24, 2.45) is 0 Å². The van der Waals surface area contributed by atoms with Crippen LogP contribution in [0.15, 0.2) is 54.6 Å². The van der Waals surface area contributed by atoms with E-state index in [4.69, 9.17) is 0 Å². The number of ketones is 1.